The Bertz CT molecular complexity index is 280. The Morgan fingerprint density at radius 1 is 0.387 bits per heavy atom. The van der Waals surface area contributed by atoms with Gasteiger partial charge in [0.25, 0.3) is 0 Å². The van der Waals surface area contributed by atoms with Gasteiger partial charge in [0.1, 0.15) is 0 Å². The van der Waals surface area contributed by atoms with Crippen molar-refractivity contribution in [1.82, 2.24) is 0 Å². The van der Waals surface area contributed by atoms with Gasteiger partial charge in [-0.2, -0.15) is 0 Å². The van der Waals surface area contributed by atoms with Crippen LogP contribution in [0.4, 0.5) is 0 Å². The second-order valence-corrected chi connectivity index (χ2v) is 15.2. The molecule has 202 valence electrons. The molecule has 0 rings (SSSR count). The first-order valence-corrected chi connectivity index (χ1v) is 16.5. The molecule has 0 aliphatic rings. The summed E-state index contributed by atoms with van der Waals surface area (Å²) in [5.41, 5.74) is 0. The SMILES string of the molecule is C.C.C.C.CO[Si](C)(O)O.CO[Si](C)(OC)OC.CO[Si](C)(OC)OC.C[Si](O)(O)O. The fraction of sp³-hybridized carbons (Fsp3) is 1.00. The van der Waals surface area contributed by atoms with Crippen molar-refractivity contribution in [2.75, 3.05) is 49.8 Å². The van der Waals surface area contributed by atoms with Gasteiger partial charge in [-0.1, -0.05) is 29.7 Å². The minimum Gasteiger partial charge on any atom is -0.390 e. The summed E-state index contributed by atoms with van der Waals surface area (Å²) < 4.78 is 33.8. The summed E-state index contributed by atoms with van der Waals surface area (Å²) in [6.45, 7) is 5.92. The Balaban J connectivity index is -0.0000000369. The Hall–Kier alpha value is 0.388. The molecular weight excluding hydrogens is 484 g/mol. The summed E-state index contributed by atoms with van der Waals surface area (Å²) >= 11 is 0. The molecule has 0 saturated carbocycles. The molecule has 0 aliphatic heterocycles. The van der Waals surface area contributed by atoms with Crippen molar-refractivity contribution >= 4 is 35.2 Å². The Morgan fingerprint density at radius 2 is 0.484 bits per heavy atom. The van der Waals surface area contributed by atoms with Gasteiger partial charge in [-0.15, -0.1) is 0 Å². The van der Waals surface area contributed by atoms with Crippen LogP contribution >= 0.6 is 0 Å². The maximum atomic E-state index is 8.30. The second-order valence-electron chi connectivity index (χ2n) is 5.06. The maximum absolute atomic E-state index is 8.30. The molecule has 0 fully saturated rings. The summed E-state index contributed by atoms with van der Waals surface area (Å²) in [5, 5.41) is 0. The molecule has 0 aromatic heterocycles. The summed E-state index contributed by atoms with van der Waals surface area (Å²) in [4.78, 5) is 39.9. The van der Waals surface area contributed by atoms with E-state index in [2.05, 4.69) is 4.43 Å². The molecular formula is C15H54O12Si4. The van der Waals surface area contributed by atoms with E-state index < -0.39 is 35.2 Å². The highest BCUT2D eigenvalue weighted by Crippen LogP contribution is 2.02. The zero-order chi connectivity index (χ0) is 22.9. The van der Waals surface area contributed by atoms with E-state index in [-0.39, 0.29) is 29.7 Å². The smallest absolute Gasteiger partial charge is 0.390 e. The molecule has 0 heterocycles. The monoisotopic (exact) mass is 538 g/mol. The fourth-order valence-corrected chi connectivity index (χ4v) is 1.50. The van der Waals surface area contributed by atoms with Crippen molar-refractivity contribution in [1.29, 1.82) is 0 Å². The second kappa shape index (κ2) is 26.6. The highest BCUT2D eigenvalue weighted by molar-refractivity contribution is 6.59. The van der Waals surface area contributed by atoms with E-state index >= 15 is 0 Å². The van der Waals surface area contributed by atoms with Crippen molar-refractivity contribution < 1.29 is 55.0 Å². The van der Waals surface area contributed by atoms with E-state index in [9.17, 15) is 0 Å². The fourth-order valence-electron chi connectivity index (χ4n) is 0.500. The van der Waals surface area contributed by atoms with Gasteiger partial charge >= 0.3 is 35.2 Å². The van der Waals surface area contributed by atoms with Crippen LogP contribution in [0.1, 0.15) is 29.7 Å². The summed E-state index contributed by atoms with van der Waals surface area (Å²) in [5.74, 6) is 0. The summed E-state index contributed by atoms with van der Waals surface area (Å²) in [7, 11) is -0.319. The van der Waals surface area contributed by atoms with Gasteiger partial charge in [0.15, 0.2) is 0 Å². The first-order chi connectivity index (χ1) is 11.9. The van der Waals surface area contributed by atoms with Crippen molar-refractivity contribution in [2.45, 2.75) is 55.9 Å². The highest BCUT2D eigenvalue weighted by atomic mass is 28.4. The normalized spacial score (nSPS) is 10.5. The molecule has 0 aliphatic carbocycles. The van der Waals surface area contributed by atoms with Crippen molar-refractivity contribution in [3.63, 3.8) is 0 Å². The third-order valence-corrected chi connectivity index (χ3v) is 7.83. The molecule has 0 atom stereocenters. The van der Waals surface area contributed by atoms with Crippen LogP contribution in [0, 0.1) is 0 Å². The van der Waals surface area contributed by atoms with Crippen LogP contribution in [-0.4, -0.2) is 109 Å². The largest absolute Gasteiger partial charge is 0.496 e. The lowest BCUT2D eigenvalue weighted by molar-refractivity contribution is 0.131. The predicted molar refractivity (Wildman–Crippen MR) is 134 cm³/mol. The summed E-state index contributed by atoms with van der Waals surface area (Å²) in [6.07, 6.45) is 0. The maximum Gasteiger partial charge on any atom is 0.496 e. The zero-order valence-electron chi connectivity index (χ0n) is 18.1. The zero-order valence-corrected chi connectivity index (χ0v) is 22.1. The van der Waals surface area contributed by atoms with E-state index in [1.54, 1.807) is 42.7 Å². The van der Waals surface area contributed by atoms with E-state index in [1.807, 2.05) is 13.1 Å². The first-order valence-electron chi connectivity index (χ1n) is 7.40. The van der Waals surface area contributed by atoms with Crippen LogP contribution in [0.25, 0.3) is 0 Å². The summed E-state index contributed by atoms with van der Waals surface area (Å²) in [6, 6.07) is 0. The molecule has 0 bridgehead atoms. The van der Waals surface area contributed by atoms with Crippen LogP contribution in [0.3, 0.4) is 0 Å². The van der Waals surface area contributed by atoms with Gasteiger partial charge in [0.2, 0.25) is 0 Å². The van der Waals surface area contributed by atoms with Gasteiger partial charge in [0.05, 0.1) is 0 Å². The Kier molecular flexibility index (Phi) is 45.5. The predicted octanol–water partition coefficient (Wildman–Crippen LogP) is 1.25. The highest BCUT2D eigenvalue weighted by Gasteiger charge is 2.30. The lowest BCUT2D eigenvalue weighted by Gasteiger charge is -2.18. The van der Waals surface area contributed by atoms with E-state index in [0.717, 1.165) is 6.55 Å². The first kappa shape index (κ1) is 53.0. The minimum absolute atomic E-state index is 0. The van der Waals surface area contributed by atoms with E-state index in [0.29, 0.717) is 0 Å². The standard InChI is InChI=1S/2C4H12O3Si.C2H8O3Si.CH6O3Si.4CH4/c2*1-5-8(4,6-2)7-3;1-5-6(2,3)4;1-5(2,3)4;;;;/h2*1-4H3;3-4H,1-2H3;2-4H,1H3;4*1H4. The van der Waals surface area contributed by atoms with Gasteiger partial charge < -0.3 is 55.0 Å². The van der Waals surface area contributed by atoms with Crippen LogP contribution in [0.15, 0.2) is 0 Å². The topological polar surface area (TPSA) is 166 Å². The molecule has 0 saturated heterocycles. The lowest BCUT2D eigenvalue weighted by Crippen LogP contribution is -2.38. The molecule has 5 N–H and O–H groups in total. The quantitative estimate of drug-likeness (QED) is 0.295. The van der Waals surface area contributed by atoms with Crippen LogP contribution in [0.5, 0.6) is 0 Å². The number of hydrogen-bond acceptors (Lipinski definition) is 12. The average Bonchev–Trinajstić information content (AvgIpc) is 2.59. The van der Waals surface area contributed by atoms with Crippen molar-refractivity contribution in [3.05, 3.63) is 0 Å². The molecule has 0 spiro atoms. The van der Waals surface area contributed by atoms with Gasteiger partial charge in [-0.05, 0) is 0 Å². The molecule has 0 amide bonds. The van der Waals surface area contributed by atoms with Crippen LogP contribution in [-0.2, 0) is 31.0 Å². The van der Waals surface area contributed by atoms with Gasteiger partial charge in [0, 0.05) is 76.0 Å². The molecule has 16 heteroatoms. The molecule has 31 heavy (non-hydrogen) atoms. The van der Waals surface area contributed by atoms with Gasteiger partial charge in [-0.3, -0.25) is 0 Å². The van der Waals surface area contributed by atoms with Crippen molar-refractivity contribution in [3.8, 4) is 0 Å². The third-order valence-electron chi connectivity index (χ3n) is 2.61. The van der Waals surface area contributed by atoms with E-state index in [4.69, 9.17) is 50.5 Å². The van der Waals surface area contributed by atoms with E-state index in [1.165, 1.54) is 13.7 Å². The average molecular weight is 539 g/mol. The Morgan fingerprint density at radius 3 is 0.484 bits per heavy atom. The molecule has 0 radical (unpaired) electrons. The Labute approximate surface area is 196 Å². The molecule has 0 aromatic carbocycles. The number of rotatable bonds is 7. The third kappa shape index (κ3) is 53.5. The molecule has 0 aromatic rings. The van der Waals surface area contributed by atoms with Crippen molar-refractivity contribution in [2.24, 2.45) is 0 Å². The molecule has 12 nitrogen and oxygen atoms in total. The van der Waals surface area contributed by atoms with Crippen LogP contribution in [0.2, 0.25) is 26.2 Å². The molecule has 0 unspecified atom stereocenters. The van der Waals surface area contributed by atoms with Crippen LogP contribution < -0.4 is 0 Å². The minimum atomic E-state index is -3.61. The lowest BCUT2D eigenvalue weighted by atomic mass is 11.8. The van der Waals surface area contributed by atoms with Gasteiger partial charge in [-0.25, -0.2) is 0 Å². The number of hydrogen-bond donors (Lipinski definition) is 5.